The lowest BCUT2D eigenvalue weighted by molar-refractivity contribution is -0.144. The minimum absolute atomic E-state index is 0.0939. The van der Waals surface area contributed by atoms with Crippen molar-refractivity contribution in [2.24, 2.45) is 0 Å². The summed E-state index contributed by atoms with van der Waals surface area (Å²) in [6, 6.07) is 0.136. The molecule has 0 spiro atoms. The van der Waals surface area contributed by atoms with Crippen molar-refractivity contribution >= 4 is 22.9 Å². The number of nitrogens with one attached hydrogen (secondary N) is 3. The van der Waals surface area contributed by atoms with Gasteiger partial charge in [0.2, 0.25) is 11.7 Å². The van der Waals surface area contributed by atoms with E-state index in [4.69, 9.17) is 0 Å². The van der Waals surface area contributed by atoms with E-state index in [2.05, 4.69) is 30.6 Å². The molecule has 0 aromatic carbocycles. The molecule has 0 bridgehead atoms. The van der Waals surface area contributed by atoms with Gasteiger partial charge in [0.1, 0.15) is 5.52 Å². The highest BCUT2D eigenvalue weighted by Gasteiger charge is 2.36. The Morgan fingerprint density at radius 2 is 2.00 bits per heavy atom. The molecule has 1 saturated carbocycles. The lowest BCUT2D eigenvalue weighted by atomic mass is 9.95. The molecule has 1 aliphatic carbocycles. The van der Waals surface area contributed by atoms with Crippen LogP contribution < -0.4 is 10.6 Å². The third-order valence-electron chi connectivity index (χ3n) is 3.93. The number of carbonyl (C=O) groups is 1. The molecule has 3 rings (SSSR count). The lowest BCUT2D eigenvalue weighted by Crippen LogP contribution is -2.39. The first-order valence-electron chi connectivity index (χ1n) is 7.75. The summed E-state index contributed by atoms with van der Waals surface area (Å²) in [5.41, 5.74) is 0.126. The summed E-state index contributed by atoms with van der Waals surface area (Å²) in [6.45, 7) is -0.168. The zero-order valence-corrected chi connectivity index (χ0v) is 12.8. The van der Waals surface area contributed by atoms with Gasteiger partial charge < -0.3 is 15.6 Å². The van der Waals surface area contributed by atoms with Crippen molar-refractivity contribution in [2.45, 2.75) is 44.3 Å². The molecule has 24 heavy (non-hydrogen) atoms. The summed E-state index contributed by atoms with van der Waals surface area (Å²) in [5, 5.41) is 5.52. The Morgan fingerprint density at radius 1 is 1.25 bits per heavy atom. The van der Waals surface area contributed by atoms with Gasteiger partial charge in [-0.2, -0.15) is 13.2 Å². The molecular weight excluding hydrogens is 325 g/mol. The Hall–Kier alpha value is -2.39. The van der Waals surface area contributed by atoms with Crippen LogP contribution in [0.4, 0.5) is 19.0 Å². The van der Waals surface area contributed by atoms with E-state index < -0.39 is 12.0 Å². The molecule has 0 unspecified atom stereocenters. The summed E-state index contributed by atoms with van der Waals surface area (Å²) in [6.07, 6.45) is 1.73. The van der Waals surface area contributed by atoms with Gasteiger partial charge in [0.25, 0.3) is 0 Å². The Bertz CT molecular complexity index is 723. The van der Waals surface area contributed by atoms with Crippen LogP contribution in [0.15, 0.2) is 6.33 Å². The number of fused-ring (bicyclic) bond motifs is 1. The number of nitrogens with zero attached hydrogens (tertiary/aromatic N) is 3. The molecule has 1 aliphatic rings. The predicted octanol–water partition coefficient (Wildman–Crippen LogP) is 2.23. The molecule has 0 saturated heterocycles. The molecule has 0 atom stereocenters. The van der Waals surface area contributed by atoms with Crippen molar-refractivity contribution in [1.82, 2.24) is 25.3 Å². The van der Waals surface area contributed by atoms with Crippen LogP contribution in [0.2, 0.25) is 0 Å². The summed E-state index contributed by atoms with van der Waals surface area (Å²) < 4.78 is 38.5. The van der Waals surface area contributed by atoms with E-state index in [9.17, 15) is 18.0 Å². The number of anilines is 1. The van der Waals surface area contributed by atoms with Crippen molar-refractivity contribution in [3.05, 3.63) is 12.2 Å². The zero-order valence-electron chi connectivity index (χ0n) is 12.8. The molecule has 0 aliphatic heterocycles. The van der Waals surface area contributed by atoms with E-state index in [-0.39, 0.29) is 35.5 Å². The Morgan fingerprint density at radius 3 is 2.71 bits per heavy atom. The number of imidazole rings is 1. The van der Waals surface area contributed by atoms with Crippen LogP contribution in [0.3, 0.4) is 0 Å². The van der Waals surface area contributed by atoms with Crippen molar-refractivity contribution in [3.8, 4) is 0 Å². The fraction of sp³-hybridized carbons (Fsp3) is 0.571. The average molecular weight is 342 g/mol. The Kier molecular flexibility index (Phi) is 4.54. The number of aromatic nitrogens is 4. The quantitative estimate of drug-likeness (QED) is 0.792. The first-order valence-corrected chi connectivity index (χ1v) is 7.75. The highest BCUT2D eigenvalue weighted by atomic mass is 19.4. The largest absolute Gasteiger partial charge is 0.451 e. The maximum atomic E-state index is 12.8. The maximum absolute atomic E-state index is 12.8. The highest BCUT2D eigenvalue weighted by molar-refractivity contribution is 5.86. The number of alkyl halides is 3. The maximum Gasteiger partial charge on any atom is 0.451 e. The second-order valence-corrected chi connectivity index (χ2v) is 5.75. The van der Waals surface area contributed by atoms with E-state index in [0.717, 1.165) is 25.7 Å². The summed E-state index contributed by atoms with van der Waals surface area (Å²) in [5.74, 6) is -1.66. The number of hydrogen-bond acceptors (Lipinski definition) is 5. The molecule has 130 valence electrons. The SMILES string of the molecule is O=C(CNc1nc(C(F)(F)F)nc2nc[nH]c12)NC1CCCCC1. The summed E-state index contributed by atoms with van der Waals surface area (Å²) >= 11 is 0. The number of aromatic amines is 1. The smallest absolute Gasteiger partial charge is 0.359 e. The van der Waals surface area contributed by atoms with Crippen LogP contribution >= 0.6 is 0 Å². The number of hydrogen-bond donors (Lipinski definition) is 3. The van der Waals surface area contributed by atoms with E-state index in [0.29, 0.717) is 0 Å². The van der Waals surface area contributed by atoms with Gasteiger partial charge in [-0.1, -0.05) is 19.3 Å². The van der Waals surface area contributed by atoms with Crippen LogP contribution in [0.5, 0.6) is 0 Å². The standard InChI is InChI=1S/C14H17F3N6O/c15-14(16,17)13-22-11(10-12(23-13)20-7-19-10)18-6-9(24)21-8-4-2-1-3-5-8/h7-8H,1-6H2,(H,21,24)(H2,18,19,20,22,23). The molecule has 3 N–H and O–H groups in total. The van der Waals surface area contributed by atoms with E-state index >= 15 is 0 Å². The highest BCUT2D eigenvalue weighted by Crippen LogP contribution is 2.29. The predicted molar refractivity (Wildman–Crippen MR) is 80.2 cm³/mol. The van der Waals surface area contributed by atoms with Gasteiger partial charge in [0, 0.05) is 6.04 Å². The average Bonchev–Trinajstić information content (AvgIpc) is 3.01. The van der Waals surface area contributed by atoms with Crippen molar-refractivity contribution in [1.29, 1.82) is 0 Å². The molecule has 10 heteroatoms. The second-order valence-electron chi connectivity index (χ2n) is 5.75. The molecule has 7 nitrogen and oxygen atoms in total. The first-order chi connectivity index (χ1) is 11.4. The topological polar surface area (TPSA) is 95.6 Å². The van der Waals surface area contributed by atoms with Crippen molar-refractivity contribution in [2.75, 3.05) is 11.9 Å². The third-order valence-corrected chi connectivity index (χ3v) is 3.93. The van der Waals surface area contributed by atoms with Gasteiger partial charge in [-0.3, -0.25) is 4.79 Å². The van der Waals surface area contributed by atoms with Gasteiger partial charge in [-0.25, -0.2) is 15.0 Å². The van der Waals surface area contributed by atoms with Crippen molar-refractivity contribution in [3.63, 3.8) is 0 Å². The number of amides is 1. The minimum Gasteiger partial charge on any atom is -0.359 e. The van der Waals surface area contributed by atoms with Gasteiger partial charge >= 0.3 is 6.18 Å². The molecule has 2 aromatic rings. The van der Waals surface area contributed by atoms with Crippen LogP contribution in [0.1, 0.15) is 37.9 Å². The van der Waals surface area contributed by atoms with Gasteiger partial charge in [0.05, 0.1) is 12.9 Å². The molecular formula is C14H17F3N6O. The number of rotatable bonds is 4. The number of H-pyrrole nitrogens is 1. The number of carbonyl (C=O) groups excluding carboxylic acids is 1. The summed E-state index contributed by atoms with van der Waals surface area (Å²) in [4.78, 5) is 25.2. The van der Waals surface area contributed by atoms with Crippen molar-refractivity contribution < 1.29 is 18.0 Å². The molecule has 1 amide bonds. The van der Waals surface area contributed by atoms with Crippen LogP contribution in [0.25, 0.3) is 11.2 Å². The lowest BCUT2D eigenvalue weighted by Gasteiger charge is -2.22. The zero-order chi connectivity index (χ0) is 17.2. The van der Waals surface area contributed by atoms with E-state index in [1.54, 1.807) is 0 Å². The Labute approximate surface area is 135 Å². The van der Waals surface area contributed by atoms with E-state index in [1.165, 1.54) is 12.7 Å². The summed E-state index contributed by atoms with van der Waals surface area (Å²) in [7, 11) is 0. The van der Waals surface area contributed by atoms with Crippen LogP contribution in [-0.2, 0) is 11.0 Å². The second kappa shape index (κ2) is 6.62. The minimum atomic E-state index is -4.69. The Balaban J connectivity index is 1.70. The molecule has 0 radical (unpaired) electrons. The van der Waals surface area contributed by atoms with Gasteiger partial charge in [0.15, 0.2) is 11.5 Å². The first kappa shape index (κ1) is 16.5. The van der Waals surface area contributed by atoms with E-state index in [1.807, 2.05) is 0 Å². The third kappa shape index (κ3) is 3.74. The monoisotopic (exact) mass is 342 g/mol. The van der Waals surface area contributed by atoms with Crippen LogP contribution in [0, 0.1) is 0 Å². The molecule has 2 aromatic heterocycles. The van der Waals surface area contributed by atoms with Gasteiger partial charge in [-0.15, -0.1) is 0 Å². The fourth-order valence-electron chi connectivity index (χ4n) is 2.78. The molecule has 2 heterocycles. The number of halogens is 3. The fourth-order valence-corrected chi connectivity index (χ4v) is 2.78. The molecule has 1 fully saturated rings. The normalized spacial score (nSPS) is 16.3. The van der Waals surface area contributed by atoms with Gasteiger partial charge in [-0.05, 0) is 12.8 Å². The van der Waals surface area contributed by atoms with Crippen LogP contribution in [-0.4, -0.2) is 38.4 Å².